The number of ether oxygens (including phenoxy) is 12. The minimum atomic E-state index is 0.374. The monoisotopic (exact) mass is 655 g/mol. The van der Waals surface area contributed by atoms with Gasteiger partial charge in [-0.15, -0.1) is 0 Å². The lowest BCUT2D eigenvalue weighted by Gasteiger charge is -2.22. The topological polar surface area (TPSA) is 123 Å². The van der Waals surface area contributed by atoms with Gasteiger partial charge in [-0.3, -0.25) is 0 Å². The van der Waals surface area contributed by atoms with E-state index in [1.165, 1.54) is 12.8 Å². The van der Waals surface area contributed by atoms with E-state index in [4.69, 9.17) is 56.8 Å². The van der Waals surface area contributed by atoms with Crippen molar-refractivity contribution in [1.29, 1.82) is 0 Å². The number of rotatable bonds is 38. The zero-order chi connectivity index (χ0) is 32.0. The molecule has 0 amide bonds. The molecular formula is C32H65NO12. The predicted molar refractivity (Wildman–Crippen MR) is 170 cm³/mol. The predicted octanol–water partition coefficient (Wildman–Crippen LogP) is 2.13. The van der Waals surface area contributed by atoms with Crippen LogP contribution in [0.1, 0.15) is 39.0 Å². The summed E-state index contributed by atoms with van der Waals surface area (Å²) in [5, 5.41) is 3.33. The van der Waals surface area contributed by atoms with Crippen molar-refractivity contribution in [3.8, 4) is 0 Å². The lowest BCUT2D eigenvalue weighted by Crippen LogP contribution is -2.33. The van der Waals surface area contributed by atoms with E-state index in [2.05, 4.69) is 12.2 Å². The summed E-state index contributed by atoms with van der Waals surface area (Å²) in [7, 11) is 0. The normalized spacial score (nSPS) is 14.1. The highest BCUT2D eigenvalue weighted by atomic mass is 16.6. The van der Waals surface area contributed by atoms with Crippen molar-refractivity contribution in [2.75, 3.05) is 165 Å². The maximum Gasteiger partial charge on any atom is 0.0704 e. The van der Waals surface area contributed by atoms with Gasteiger partial charge in [-0.05, 0) is 32.4 Å². The molecule has 0 aromatic heterocycles. The SMILES string of the molecule is CCCCCOCCOCCOCCOCCOCCOCCOCCOCCOCCOCCOCCOC1CCNCC1. The molecule has 1 rings (SSSR count). The molecule has 0 atom stereocenters. The molecule has 0 spiro atoms. The zero-order valence-electron chi connectivity index (χ0n) is 28.2. The molecule has 0 saturated carbocycles. The lowest BCUT2D eigenvalue weighted by atomic mass is 10.1. The van der Waals surface area contributed by atoms with E-state index in [9.17, 15) is 0 Å². The van der Waals surface area contributed by atoms with E-state index in [0.717, 1.165) is 39.0 Å². The molecule has 1 heterocycles. The highest BCUT2D eigenvalue weighted by Crippen LogP contribution is 2.06. The number of unbranched alkanes of at least 4 members (excludes halogenated alkanes) is 2. The number of nitrogens with one attached hydrogen (secondary N) is 1. The Morgan fingerprint density at radius 1 is 0.356 bits per heavy atom. The van der Waals surface area contributed by atoms with E-state index < -0.39 is 0 Å². The number of piperidine rings is 1. The summed E-state index contributed by atoms with van der Waals surface area (Å²) >= 11 is 0. The Kier molecular flexibility index (Phi) is 35.8. The smallest absolute Gasteiger partial charge is 0.0704 e. The highest BCUT2D eigenvalue weighted by molar-refractivity contribution is 4.67. The summed E-state index contributed by atoms with van der Waals surface area (Å²) in [6.07, 6.45) is 6.09. The fraction of sp³-hybridized carbons (Fsp3) is 1.00. The third kappa shape index (κ3) is 34.6. The van der Waals surface area contributed by atoms with Crippen LogP contribution in [0.15, 0.2) is 0 Å². The van der Waals surface area contributed by atoms with Crippen LogP contribution >= 0.6 is 0 Å². The zero-order valence-corrected chi connectivity index (χ0v) is 28.2. The molecule has 1 fully saturated rings. The first-order valence-corrected chi connectivity index (χ1v) is 17.1. The Balaban J connectivity index is 1.60. The van der Waals surface area contributed by atoms with Crippen molar-refractivity contribution < 1.29 is 56.8 Å². The lowest BCUT2D eigenvalue weighted by molar-refractivity contribution is -0.0326. The maximum absolute atomic E-state index is 5.79. The van der Waals surface area contributed by atoms with E-state index in [-0.39, 0.29) is 0 Å². The van der Waals surface area contributed by atoms with Gasteiger partial charge in [0.15, 0.2) is 0 Å². The average Bonchev–Trinajstić information content (AvgIpc) is 3.06. The van der Waals surface area contributed by atoms with Crippen molar-refractivity contribution in [2.24, 2.45) is 0 Å². The summed E-state index contributed by atoms with van der Waals surface area (Å²) in [4.78, 5) is 0. The van der Waals surface area contributed by atoms with Gasteiger partial charge in [0.05, 0.1) is 151 Å². The first kappa shape index (κ1) is 42.5. The standard InChI is InChI=1S/C32H65NO12/c1-2-3-4-9-34-10-11-35-12-13-36-14-15-37-16-17-38-18-19-39-20-21-40-22-23-41-24-25-42-26-27-43-28-29-44-30-31-45-32-5-7-33-8-6-32/h32-33H,2-31H2,1H3. The molecule has 0 aromatic rings. The van der Waals surface area contributed by atoms with Crippen molar-refractivity contribution >= 4 is 0 Å². The van der Waals surface area contributed by atoms with Crippen LogP contribution in [0.25, 0.3) is 0 Å². The summed E-state index contributed by atoms with van der Waals surface area (Å²) in [5.41, 5.74) is 0. The number of hydrogen-bond donors (Lipinski definition) is 1. The molecule has 45 heavy (non-hydrogen) atoms. The summed E-state index contributed by atoms with van der Waals surface area (Å²) in [6.45, 7) is 17.2. The van der Waals surface area contributed by atoms with Crippen molar-refractivity contribution in [1.82, 2.24) is 5.32 Å². The second kappa shape index (κ2) is 37.9. The third-order valence-corrected chi connectivity index (χ3v) is 6.48. The molecule has 0 aromatic carbocycles. The van der Waals surface area contributed by atoms with Gasteiger partial charge in [-0.2, -0.15) is 0 Å². The van der Waals surface area contributed by atoms with Crippen LogP contribution in [0, 0.1) is 0 Å². The molecule has 13 heteroatoms. The summed E-state index contributed by atoms with van der Waals surface area (Å²) in [5.74, 6) is 0. The molecule has 1 saturated heterocycles. The molecule has 0 aliphatic carbocycles. The Morgan fingerprint density at radius 3 is 0.911 bits per heavy atom. The van der Waals surface area contributed by atoms with E-state index in [0.29, 0.717) is 151 Å². The Labute approximate surface area is 272 Å². The fourth-order valence-corrected chi connectivity index (χ4v) is 3.99. The van der Waals surface area contributed by atoms with Crippen molar-refractivity contribution in [2.45, 2.75) is 45.1 Å². The number of hydrogen-bond acceptors (Lipinski definition) is 13. The molecule has 0 bridgehead atoms. The molecule has 13 nitrogen and oxygen atoms in total. The van der Waals surface area contributed by atoms with Crippen molar-refractivity contribution in [3.63, 3.8) is 0 Å². The molecule has 0 unspecified atom stereocenters. The molecule has 1 aliphatic rings. The second-order valence-corrected chi connectivity index (χ2v) is 10.3. The van der Waals surface area contributed by atoms with E-state index in [1.54, 1.807) is 0 Å². The van der Waals surface area contributed by atoms with Gasteiger partial charge < -0.3 is 62.2 Å². The highest BCUT2D eigenvalue weighted by Gasteiger charge is 2.12. The van der Waals surface area contributed by atoms with Crippen LogP contribution in [-0.4, -0.2) is 171 Å². The first-order valence-electron chi connectivity index (χ1n) is 17.1. The minimum absolute atomic E-state index is 0.374. The average molecular weight is 656 g/mol. The molecule has 0 radical (unpaired) electrons. The Morgan fingerprint density at radius 2 is 0.622 bits per heavy atom. The first-order chi connectivity index (χ1) is 22.4. The summed E-state index contributed by atoms with van der Waals surface area (Å²) < 4.78 is 66.2. The molecule has 1 aliphatic heterocycles. The molecule has 1 N–H and O–H groups in total. The maximum atomic E-state index is 5.79. The van der Waals surface area contributed by atoms with Crippen LogP contribution in [0.5, 0.6) is 0 Å². The minimum Gasteiger partial charge on any atom is -0.379 e. The largest absolute Gasteiger partial charge is 0.379 e. The van der Waals surface area contributed by atoms with E-state index >= 15 is 0 Å². The van der Waals surface area contributed by atoms with Gasteiger partial charge in [0.25, 0.3) is 0 Å². The van der Waals surface area contributed by atoms with Crippen LogP contribution in [0.4, 0.5) is 0 Å². The van der Waals surface area contributed by atoms with Crippen LogP contribution in [-0.2, 0) is 56.8 Å². The quantitative estimate of drug-likeness (QED) is 0.0979. The van der Waals surface area contributed by atoms with E-state index in [1.807, 2.05) is 0 Å². The van der Waals surface area contributed by atoms with Gasteiger partial charge in [-0.1, -0.05) is 19.8 Å². The third-order valence-electron chi connectivity index (χ3n) is 6.48. The van der Waals surface area contributed by atoms with Crippen molar-refractivity contribution in [3.05, 3.63) is 0 Å². The van der Waals surface area contributed by atoms with Gasteiger partial charge in [0.2, 0.25) is 0 Å². The van der Waals surface area contributed by atoms with Gasteiger partial charge in [-0.25, -0.2) is 0 Å². The van der Waals surface area contributed by atoms with Gasteiger partial charge >= 0.3 is 0 Å². The Hall–Kier alpha value is -0.520. The fourth-order valence-electron chi connectivity index (χ4n) is 3.99. The second-order valence-electron chi connectivity index (χ2n) is 10.3. The van der Waals surface area contributed by atoms with Crippen LogP contribution in [0.3, 0.4) is 0 Å². The van der Waals surface area contributed by atoms with Crippen LogP contribution < -0.4 is 5.32 Å². The Bertz CT molecular complexity index is 546. The van der Waals surface area contributed by atoms with Gasteiger partial charge in [0, 0.05) is 6.61 Å². The summed E-state index contributed by atoms with van der Waals surface area (Å²) in [6, 6.07) is 0. The molecular weight excluding hydrogens is 590 g/mol. The molecule has 270 valence electrons. The van der Waals surface area contributed by atoms with Gasteiger partial charge in [0.1, 0.15) is 0 Å². The van der Waals surface area contributed by atoms with Crippen LogP contribution in [0.2, 0.25) is 0 Å².